The zero-order valence-corrected chi connectivity index (χ0v) is 25.0. The van der Waals surface area contributed by atoms with Gasteiger partial charge in [-0.1, -0.05) is 67.5 Å². The van der Waals surface area contributed by atoms with Gasteiger partial charge >= 0.3 is 6.03 Å². The van der Waals surface area contributed by atoms with Gasteiger partial charge in [0.25, 0.3) is 0 Å². The van der Waals surface area contributed by atoms with Gasteiger partial charge in [-0.3, -0.25) is 0 Å². The van der Waals surface area contributed by atoms with Crippen LogP contribution in [0.4, 0.5) is 13.6 Å². The molecule has 8 heteroatoms. The van der Waals surface area contributed by atoms with Gasteiger partial charge in [-0.15, -0.1) is 0 Å². The number of piperidine rings is 1. The van der Waals surface area contributed by atoms with Gasteiger partial charge in [0.2, 0.25) is 0 Å². The highest BCUT2D eigenvalue weighted by molar-refractivity contribution is 7.99. The Labute approximate surface area is 228 Å². The number of hydrogen-bond donors (Lipinski definition) is 2. The summed E-state index contributed by atoms with van der Waals surface area (Å²) in [5, 5.41) is 9.54. The Balaban J connectivity index is 0.000000590. The zero-order chi connectivity index (χ0) is 28.7. The largest absolute Gasteiger partial charge is 0.503 e. The van der Waals surface area contributed by atoms with Gasteiger partial charge in [0.1, 0.15) is 5.84 Å². The summed E-state index contributed by atoms with van der Waals surface area (Å²) in [6.07, 6.45) is 9.32. The number of hydrogen-bond acceptors (Lipinski definition) is 3. The number of fused-ring (bicyclic) bond motifs is 1. The summed E-state index contributed by atoms with van der Waals surface area (Å²) >= 11 is 1.78. The quantitative estimate of drug-likeness (QED) is 0.231. The number of aliphatic imine (C=N–C) groups is 1. The fraction of sp³-hybridized carbons (Fsp3) is 0.655. The lowest BCUT2D eigenvalue weighted by molar-refractivity contribution is 0.214. The molecule has 3 N–H and O–H groups in total. The van der Waals surface area contributed by atoms with Crippen molar-refractivity contribution in [2.45, 2.75) is 85.8 Å². The highest BCUT2D eigenvalue weighted by Crippen LogP contribution is 2.45. The molecule has 5 nitrogen and oxygen atoms in total. The van der Waals surface area contributed by atoms with E-state index in [1.807, 2.05) is 66.4 Å². The van der Waals surface area contributed by atoms with Crippen LogP contribution in [-0.2, 0) is 0 Å². The molecular formula is C29H49F2N3O2S. The van der Waals surface area contributed by atoms with E-state index in [-0.39, 0.29) is 17.9 Å². The van der Waals surface area contributed by atoms with Gasteiger partial charge in [0.15, 0.2) is 17.4 Å². The molecule has 0 radical (unpaired) electrons. The average molecular weight is 542 g/mol. The van der Waals surface area contributed by atoms with Gasteiger partial charge in [0.05, 0.1) is 0 Å². The molecule has 1 saturated carbocycles. The third-order valence-corrected chi connectivity index (χ3v) is 7.15. The molecule has 1 aromatic carbocycles. The summed E-state index contributed by atoms with van der Waals surface area (Å²) in [7, 11) is 0. The van der Waals surface area contributed by atoms with Crippen LogP contribution < -0.4 is 5.73 Å². The molecule has 0 spiro atoms. The molecule has 2 aliphatic carbocycles. The lowest BCUT2D eigenvalue weighted by Crippen LogP contribution is -2.30. The first-order valence-electron chi connectivity index (χ1n) is 13.7. The van der Waals surface area contributed by atoms with E-state index in [0.29, 0.717) is 16.6 Å². The van der Waals surface area contributed by atoms with E-state index in [9.17, 15) is 13.6 Å². The van der Waals surface area contributed by atoms with E-state index in [1.165, 1.54) is 18.6 Å². The molecule has 4 rings (SSSR count). The van der Waals surface area contributed by atoms with E-state index in [1.54, 1.807) is 11.8 Å². The second-order valence-corrected chi connectivity index (χ2v) is 9.89. The van der Waals surface area contributed by atoms with Crippen LogP contribution in [0.15, 0.2) is 29.3 Å². The number of likely N-dealkylation sites (tertiary alicyclic amines) is 1. The van der Waals surface area contributed by atoms with Crippen molar-refractivity contribution in [3.8, 4) is 5.75 Å². The molecule has 2 fully saturated rings. The first kappa shape index (κ1) is 34.9. The Morgan fingerprint density at radius 3 is 1.95 bits per heavy atom. The third kappa shape index (κ3) is 11.0. The molecule has 3 aliphatic rings. The van der Waals surface area contributed by atoms with Crippen molar-refractivity contribution in [2.75, 3.05) is 19.3 Å². The van der Waals surface area contributed by atoms with Crippen LogP contribution in [0.2, 0.25) is 0 Å². The molecule has 1 saturated heterocycles. The summed E-state index contributed by atoms with van der Waals surface area (Å²) in [6, 6.07) is 2.28. The monoisotopic (exact) mass is 541 g/mol. The third-order valence-electron chi connectivity index (χ3n) is 6.16. The molecule has 0 bridgehead atoms. The van der Waals surface area contributed by atoms with Crippen molar-refractivity contribution in [2.24, 2.45) is 28.5 Å². The molecule has 4 atom stereocenters. The number of aromatic hydroxyl groups is 1. The van der Waals surface area contributed by atoms with Crippen LogP contribution in [0.5, 0.6) is 5.75 Å². The van der Waals surface area contributed by atoms with Crippen molar-refractivity contribution >= 4 is 23.6 Å². The van der Waals surface area contributed by atoms with Crippen molar-refractivity contribution in [1.82, 2.24) is 4.90 Å². The van der Waals surface area contributed by atoms with Crippen LogP contribution >= 0.6 is 11.8 Å². The van der Waals surface area contributed by atoms with Crippen LogP contribution in [-0.4, -0.2) is 46.5 Å². The molecule has 37 heavy (non-hydrogen) atoms. The van der Waals surface area contributed by atoms with Gasteiger partial charge < -0.3 is 15.7 Å². The number of carbonyl (C=O) groups is 1. The maximum Gasteiger partial charge on any atom is 0.345 e. The number of amides is 2. The maximum absolute atomic E-state index is 13.2. The number of phenols is 1. The van der Waals surface area contributed by atoms with E-state index in [2.05, 4.69) is 17.3 Å². The van der Waals surface area contributed by atoms with Crippen molar-refractivity contribution < 1.29 is 18.7 Å². The van der Waals surface area contributed by atoms with Gasteiger partial charge in [-0.25, -0.2) is 13.6 Å². The minimum Gasteiger partial charge on any atom is -0.503 e. The molecule has 0 aromatic heterocycles. The summed E-state index contributed by atoms with van der Waals surface area (Å²) < 4.78 is 26.4. The second-order valence-electron chi connectivity index (χ2n) is 8.81. The van der Waals surface area contributed by atoms with E-state index < -0.39 is 17.4 Å². The highest BCUT2D eigenvalue weighted by atomic mass is 32.2. The predicted octanol–water partition coefficient (Wildman–Crippen LogP) is 7.99. The Bertz CT molecular complexity index is 844. The van der Waals surface area contributed by atoms with Gasteiger partial charge in [-0.05, 0) is 55.1 Å². The Morgan fingerprint density at radius 2 is 1.54 bits per heavy atom. The second kappa shape index (κ2) is 18.2. The minimum absolute atomic E-state index is 0.0444. The molecular weight excluding hydrogens is 492 g/mol. The molecule has 1 aromatic rings. The Hall–Kier alpha value is -2.09. The van der Waals surface area contributed by atoms with Crippen molar-refractivity contribution in [3.05, 3.63) is 41.5 Å². The van der Waals surface area contributed by atoms with E-state index in [4.69, 9.17) is 10.8 Å². The fourth-order valence-corrected chi connectivity index (χ4v) is 4.55. The number of urea groups is 1. The van der Waals surface area contributed by atoms with Gasteiger partial charge in [0, 0.05) is 30.2 Å². The molecule has 1 aliphatic heterocycles. The molecule has 4 unspecified atom stereocenters. The maximum atomic E-state index is 13.2. The molecule has 212 valence electrons. The molecule has 1 heterocycles. The Kier molecular flexibility index (Phi) is 17.2. The SMILES string of the molecule is CC.CC.CC.CC(C)/C(N)=N/C(=O)N1CC2CC2C1.CSC1C=CC(c2cc(F)c(O)c(F)c2)CC1. The van der Waals surface area contributed by atoms with Crippen LogP contribution in [0.1, 0.15) is 86.1 Å². The first-order valence-corrected chi connectivity index (χ1v) is 15.0. The lowest BCUT2D eigenvalue weighted by Gasteiger charge is -2.22. The summed E-state index contributed by atoms with van der Waals surface area (Å²) in [6.45, 7) is 17.7. The standard InChI is InChI=1S/C13H14F2OS.C10H17N3O.3C2H6/c1-17-10-4-2-8(3-5-10)9-6-11(14)13(16)12(15)7-9;1-6(2)9(11)12-10(14)13-4-7-3-8(7)5-13;3*1-2/h2,4,6-8,10,16H,3,5H2,1H3;6-8H,3-5H2,1-2H3,(H2,11,12,14);3*1-2H3. The number of amidine groups is 1. The topological polar surface area (TPSA) is 78.9 Å². The van der Waals surface area contributed by atoms with E-state index >= 15 is 0 Å². The zero-order valence-electron chi connectivity index (χ0n) is 24.2. The number of halogens is 2. The number of allylic oxidation sites excluding steroid dienone is 1. The molecule has 2 amide bonds. The highest BCUT2D eigenvalue weighted by Gasteiger charge is 2.46. The van der Waals surface area contributed by atoms with Crippen molar-refractivity contribution in [1.29, 1.82) is 0 Å². The number of rotatable bonds is 3. The first-order chi connectivity index (χ1) is 17.7. The lowest BCUT2D eigenvalue weighted by atomic mass is 9.89. The Morgan fingerprint density at radius 1 is 1.03 bits per heavy atom. The van der Waals surface area contributed by atoms with Crippen LogP contribution in [0.3, 0.4) is 0 Å². The van der Waals surface area contributed by atoms with Crippen LogP contribution in [0.25, 0.3) is 0 Å². The fourth-order valence-electron chi connectivity index (χ4n) is 3.93. The normalized spacial score (nSPS) is 23.1. The van der Waals surface area contributed by atoms with Crippen LogP contribution in [0, 0.1) is 29.4 Å². The number of nitrogens with zero attached hydrogens (tertiary/aromatic N) is 2. The van der Waals surface area contributed by atoms with Gasteiger partial charge in [-0.2, -0.15) is 16.8 Å². The summed E-state index contributed by atoms with van der Waals surface area (Å²) in [5.74, 6) is -0.519. The number of thioether (sulfide) groups is 1. The number of phenolic OH excluding ortho intramolecular Hbond substituents is 1. The predicted molar refractivity (Wildman–Crippen MR) is 156 cm³/mol. The number of nitrogens with two attached hydrogens (primary N) is 1. The average Bonchev–Trinajstić information content (AvgIpc) is 3.54. The smallest absolute Gasteiger partial charge is 0.345 e. The summed E-state index contributed by atoms with van der Waals surface area (Å²) in [5.41, 5.74) is 6.22. The number of benzene rings is 1. The number of carbonyl (C=O) groups excluding carboxylic acids is 1. The van der Waals surface area contributed by atoms with E-state index in [0.717, 1.165) is 37.8 Å². The van der Waals surface area contributed by atoms with Crippen molar-refractivity contribution in [3.63, 3.8) is 0 Å². The minimum atomic E-state index is -0.893. The summed E-state index contributed by atoms with van der Waals surface area (Å²) in [4.78, 5) is 17.3.